The molecular weight excluding hydrogens is 1530 g/mol. The van der Waals surface area contributed by atoms with Gasteiger partial charge in [-0.2, -0.15) is 0 Å². The Morgan fingerprint density at radius 1 is 0.231 bits per heavy atom. The predicted molar refractivity (Wildman–Crippen MR) is 489 cm³/mol. The molecule has 0 heterocycles. The predicted octanol–water partition coefficient (Wildman–Crippen LogP) is 30.3. The quantitative estimate of drug-likeness (QED) is 0.0150. The molecule has 2 aromatic rings. The Labute approximate surface area is 747 Å². The molecule has 14 nitrogen and oxygen atoms in total. The Bertz CT molecular complexity index is 2810. The summed E-state index contributed by atoms with van der Waals surface area (Å²) >= 11 is 0. The van der Waals surface area contributed by atoms with Crippen molar-refractivity contribution in [2.24, 2.45) is 0 Å². The minimum atomic E-state index is -4.82. The second-order valence-electron chi connectivity index (χ2n) is 32.9. The fraction of sp³-hybridized carbons (Fsp3) is 0.760. The number of carbonyl (C=O) groups excluding carboxylic acids is 4. The summed E-state index contributed by atoms with van der Waals surface area (Å²) in [6.07, 6.45) is 102. The van der Waals surface area contributed by atoms with Gasteiger partial charge >= 0.3 is 61.6 Å². The first-order chi connectivity index (χ1) is 56.6. The van der Waals surface area contributed by atoms with Crippen LogP contribution in [0.2, 0.25) is 0 Å². The van der Waals surface area contributed by atoms with E-state index in [0.717, 1.165) is 88.5 Å². The van der Waals surface area contributed by atoms with Crippen molar-refractivity contribution in [1.82, 2.24) is 0 Å². The molecule has 0 aliphatic rings. The molecule has 0 N–H and O–H groups in total. The van der Waals surface area contributed by atoms with Gasteiger partial charge in [0, 0.05) is 0 Å². The van der Waals surface area contributed by atoms with Crippen molar-refractivity contribution in [3.8, 4) is 0 Å². The summed E-state index contributed by atoms with van der Waals surface area (Å²) in [5, 5.41) is 0. The van der Waals surface area contributed by atoms with Crippen LogP contribution in [0.4, 0.5) is 0 Å². The van der Waals surface area contributed by atoms with Crippen LogP contribution in [0, 0.1) is 0 Å². The molecule has 0 unspecified atom stereocenters. The number of unbranched alkanes of at least 4 members (excludes halogenated alkanes) is 60. The van der Waals surface area contributed by atoms with Gasteiger partial charge in [-0.15, -0.1) is 0 Å². The average Bonchev–Trinajstić information content (AvgIpc) is 0.814. The first-order valence-electron chi connectivity index (χ1n) is 48.1. The van der Waals surface area contributed by atoms with Crippen LogP contribution in [0.15, 0.2) is 94.8 Å². The maximum atomic E-state index is 13.0. The summed E-state index contributed by atoms with van der Waals surface area (Å²) in [7, 11) is -9.63. The number of hydrogen-bond acceptors (Lipinski definition) is 14. The summed E-state index contributed by atoms with van der Waals surface area (Å²) in [4.78, 5) is 50.6. The van der Waals surface area contributed by atoms with Gasteiger partial charge in [-0.3, -0.25) is 0 Å². The molecule has 117 heavy (non-hydrogen) atoms. The summed E-state index contributed by atoms with van der Waals surface area (Å²) in [6, 6.07) is 6.30. The van der Waals surface area contributed by atoms with Crippen LogP contribution in [0.25, 0.3) is 0 Å². The van der Waals surface area contributed by atoms with E-state index in [1.807, 2.05) is 0 Å². The molecule has 0 fully saturated rings. The van der Waals surface area contributed by atoms with Crippen molar-refractivity contribution in [2.75, 3.05) is 26.4 Å². The Morgan fingerprint density at radius 3 is 0.538 bits per heavy atom. The molecule has 2 rings (SSSR count). The van der Waals surface area contributed by atoms with E-state index in [4.69, 9.17) is 18.9 Å². The van der Waals surface area contributed by atoms with E-state index in [-0.39, 0.29) is 86.4 Å². The topological polar surface area (TPSA) is 220 Å². The number of allylic oxidation sites excluding steroid dienone is 8. The first-order valence-corrected chi connectivity index (χ1v) is 50.9. The summed E-state index contributed by atoms with van der Waals surface area (Å²) in [6.45, 7) is 9.62. The van der Waals surface area contributed by atoms with Crippen molar-refractivity contribution >= 4 is 81.9 Å². The number of rotatable bonds is 82. The van der Waals surface area contributed by atoms with E-state index in [1.54, 1.807) is 0 Å². The molecule has 668 valence electrons. The van der Waals surface area contributed by atoms with E-state index in [0.29, 0.717) is 25.7 Å². The van der Waals surface area contributed by atoms with Crippen LogP contribution in [0.5, 0.6) is 0 Å². The third-order valence-electron chi connectivity index (χ3n) is 21.9. The minimum Gasteiger partial charge on any atom is -0.744 e. The van der Waals surface area contributed by atoms with Gasteiger partial charge in [0.15, 0.2) is 0 Å². The van der Waals surface area contributed by atoms with Gasteiger partial charge in [-0.05, 0) is 139 Å². The molecule has 0 saturated heterocycles. The zero-order valence-corrected chi connectivity index (χ0v) is 79.1. The Hall–Kier alpha value is -3.64. The van der Waals surface area contributed by atoms with E-state index < -0.39 is 53.9 Å². The van der Waals surface area contributed by atoms with Crippen molar-refractivity contribution in [1.29, 1.82) is 0 Å². The van der Waals surface area contributed by atoms with Crippen LogP contribution in [-0.2, 0) is 39.2 Å². The standard InChI is InChI=1S/2C50H86O7S.Ca/c2*1-3-5-7-9-11-13-15-17-19-21-23-25-27-29-31-33-35-37-39-43-56-49(51)47-42-41-46(58(53,54)55)45-48(47)50(52)57-44-40-38-36-34-32-30-28-26-24-22-20-18-16-14-12-10-8-6-4-2;/h2*7-10,41-42,45H,3-6,11-40,43-44H2,1-2H3,(H,53,54,55);/q;;+2/p-2/b2*9-7+,10-8+;. The van der Waals surface area contributed by atoms with Crippen LogP contribution < -0.4 is 0 Å². The molecule has 0 atom stereocenters. The van der Waals surface area contributed by atoms with Crippen LogP contribution in [0.1, 0.15) is 506 Å². The molecule has 0 radical (unpaired) electrons. The fourth-order valence-electron chi connectivity index (χ4n) is 14.6. The smallest absolute Gasteiger partial charge is 0.744 e. The number of hydrogen-bond donors (Lipinski definition) is 0. The monoisotopic (exact) mass is 1700 g/mol. The number of carbonyl (C=O) groups is 4. The average molecular weight is 1700 g/mol. The number of benzene rings is 2. The van der Waals surface area contributed by atoms with Crippen molar-refractivity contribution in [2.45, 2.75) is 474 Å². The van der Waals surface area contributed by atoms with Gasteiger partial charge in [0.05, 0.1) is 58.5 Å². The fourth-order valence-corrected chi connectivity index (χ4v) is 15.6. The number of esters is 4. The van der Waals surface area contributed by atoms with E-state index in [2.05, 4.69) is 76.3 Å². The SMILES string of the molecule is CCC/C=C/CCCCCCCCCCCCCCCCOC(=O)c1ccc(S(=O)(=O)[O-])cc1C(=O)OCCCCCCCCCCCCCCCC/C=C/CCC.CCC/C=C/CCCCCCCCCCCCCCCCOC(=O)c1ccc(S(=O)(=O)[O-])cc1C(=O)OCCCCCCCCCCCCCCCC/C=C/CCC.[Ca+2]. The summed E-state index contributed by atoms with van der Waals surface area (Å²) in [5.41, 5.74) is -0.664. The van der Waals surface area contributed by atoms with Gasteiger partial charge in [0.1, 0.15) is 20.2 Å². The van der Waals surface area contributed by atoms with Crippen molar-refractivity contribution in [3.63, 3.8) is 0 Å². The Balaban J connectivity index is 0.00000228. The maximum absolute atomic E-state index is 13.0. The molecule has 0 aromatic heterocycles. The molecule has 17 heteroatoms. The molecule has 0 spiro atoms. The maximum Gasteiger partial charge on any atom is 2.00 e. The van der Waals surface area contributed by atoms with E-state index in [9.17, 15) is 45.1 Å². The molecule has 0 amide bonds. The van der Waals surface area contributed by atoms with Gasteiger partial charge < -0.3 is 28.1 Å². The molecular formula is C100H170CaO14S2. The van der Waals surface area contributed by atoms with Crippen molar-refractivity contribution < 1.29 is 64.1 Å². The van der Waals surface area contributed by atoms with Gasteiger partial charge in [0.25, 0.3) is 0 Å². The summed E-state index contributed by atoms with van der Waals surface area (Å²) in [5.74, 6) is -3.08. The number of ether oxygens (including phenoxy) is 4. The molecule has 0 saturated carbocycles. The Kier molecular flexibility index (Phi) is 81.9. The van der Waals surface area contributed by atoms with Gasteiger partial charge in [-0.1, -0.05) is 410 Å². The molecule has 0 bridgehead atoms. The van der Waals surface area contributed by atoms with Crippen LogP contribution in [0.3, 0.4) is 0 Å². The minimum absolute atomic E-state index is 0. The van der Waals surface area contributed by atoms with Crippen molar-refractivity contribution in [3.05, 3.63) is 107 Å². The Morgan fingerprint density at radius 2 is 0.376 bits per heavy atom. The van der Waals surface area contributed by atoms with E-state index in [1.165, 1.54) is 359 Å². The largest absolute Gasteiger partial charge is 2.00 e. The zero-order valence-electron chi connectivity index (χ0n) is 75.2. The van der Waals surface area contributed by atoms with Crippen LogP contribution in [-0.4, -0.2) is 114 Å². The summed E-state index contributed by atoms with van der Waals surface area (Å²) < 4.78 is 91.8. The third-order valence-corrected chi connectivity index (χ3v) is 23.6. The zero-order chi connectivity index (χ0) is 84.4. The molecule has 2 aromatic carbocycles. The molecule has 0 aliphatic carbocycles. The van der Waals surface area contributed by atoms with Gasteiger partial charge in [0.2, 0.25) is 0 Å². The van der Waals surface area contributed by atoms with E-state index >= 15 is 0 Å². The second-order valence-corrected chi connectivity index (χ2v) is 35.6. The molecule has 0 aliphatic heterocycles. The second kappa shape index (κ2) is 84.6. The van der Waals surface area contributed by atoms with Crippen LogP contribution >= 0.6 is 0 Å². The third kappa shape index (κ3) is 71.5. The normalized spacial score (nSPS) is 11.8. The van der Waals surface area contributed by atoms with Gasteiger partial charge in [-0.25, -0.2) is 36.0 Å². The first kappa shape index (κ1) is 113.